The number of hydrogen-bond acceptors (Lipinski definition) is 4. The van der Waals surface area contributed by atoms with E-state index in [4.69, 9.17) is 9.47 Å². The minimum absolute atomic E-state index is 0.377. The Morgan fingerprint density at radius 2 is 1.70 bits per heavy atom. The summed E-state index contributed by atoms with van der Waals surface area (Å²) in [4.78, 5) is 24.3. The summed E-state index contributed by atoms with van der Waals surface area (Å²) in [5, 5.41) is 0. The summed E-state index contributed by atoms with van der Waals surface area (Å²) in [7, 11) is 0. The van der Waals surface area contributed by atoms with Gasteiger partial charge in [-0.05, 0) is 63.1 Å². The summed E-state index contributed by atoms with van der Waals surface area (Å²) >= 11 is 0. The maximum absolute atomic E-state index is 12.6. The fourth-order valence-electron chi connectivity index (χ4n) is 3.95. The van der Waals surface area contributed by atoms with Gasteiger partial charge < -0.3 is 9.47 Å². The molecule has 1 aliphatic heterocycles. The van der Waals surface area contributed by atoms with Crippen molar-refractivity contribution in [3.8, 4) is 0 Å². The van der Waals surface area contributed by atoms with Gasteiger partial charge in [-0.25, -0.2) is 4.79 Å². The van der Waals surface area contributed by atoms with Crippen LogP contribution < -0.4 is 0 Å². The highest BCUT2D eigenvalue weighted by Crippen LogP contribution is 2.49. The first-order valence-corrected chi connectivity index (χ1v) is 8.09. The van der Waals surface area contributed by atoms with Gasteiger partial charge in [0.2, 0.25) is 0 Å². The number of carbonyl (C=O) groups excluding carboxylic acids is 2. The van der Waals surface area contributed by atoms with E-state index in [9.17, 15) is 9.59 Å². The molecule has 0 radical (unpaired) electrons. The Morgan fingerprint density at radius 3 is 2.22 bits per heavy atom. The third-order valence-corrected chi connectivity index (χ3v) is 4.72. The first-order valence-electron chi connectivity index (χ1n) is 8.09. The largest absolute Gasteiger partial charge is 0.447 e. The SMILES string of the molecule is CC(=O)OC1=C(c2c(C)cc(C)cc2C)C(=O)OC12CCCC2. The normalized spacial score (nSPS) is 19.4. The second-order valence-corrected chi connectivity index (χ2v) is 6.66. The van der Waals surface area contributed by atoms with Gasteiger partial charge in [0.15, 0.2) is 11.4 Å². The number of ether oxygens (including phenoxy) is 2. The highest BCUT2D eigenvalue weighted by atomic mass is 16.6. The number of carbonyl (C=O) groups is 2. The van der Waals surface area contributed by atoms with Crippen LogP contribution in [0.4, 0.5) is 0 Å². The molecule has 0 amide bonds. The molecule has 1 aromatic rings. The molecule has 4 nitrogen and oxygen atoms in total. The highest BCUT2D eigenvalue weighted by molar-refractivity contribution is 6.20. The van der Waals surface area contributed by atoms with Crippen LogP contribution >= 0.6 is 0 Å². The van der Waals surface area contributed by atoms with Crippen LogP contribution in [0.25, 0.3) is 5.57 Å². The van der Waals surface area contributed by atoms with E-state index in [2.05, 4.69) is 0 Å². The molecule has 1 heterocycles. The van der Waals surface area contributed by atoms with Crippen LogP contribution in [0, 0.1) is 20.8 Å². The zero-order valence-corrected chi connectivity index (χ0v) is 14.1. The first kappa shape index (κ1) is 15.8. The first-order chi connectivity index (χ1) is 10.8. The lowest BCUT2D eigenvalue weighted by molar-refractivity contribution is -0.151. The number of aryl methyl sites for hydroxylation is 3. The van der Waals surface area contributed by atoms with E-state index in [1.54, 1.807) is 0 Å². The van der Waals surface area contributed by atoms with Gasteiger partial charge in [0.05, 0.1) is 0 Å². The molecule has 0 N–H and O–H groups in total. The Morgan fingerprint density at radius 1 is 1.13 bits per heavy atom. The van der Waals surface area contributed by atoms with Gasteiger partial charge in [0.25, 0.3) is 0 Å². The second-order valence-electron chi connectivity index (χ2n) is 6.66. The van der Waals surface area contributed by atoms with Crippen molar-refractivity contribution >= 4 is 17.5 Å². The molecule has 4 heteroatoms. The molecule has 0 unspecified atom stereocenters. The van der Waals surface area contributed by atoms with Crippen molar-refractivity contribution in [3.63, 3.8) is 0 Å². The predicted octanol–water partition coefficient (Wildman–Crippen LogP) is 3.76. The molecule has 1 aromatic carbocycles. The Balaban J connectivity index is 2.24. The molecule has 1 fully saturated rings. The average molecular weight is 314 g/mol. The Bertz CT molecular complexity index is 698. The number of hydrogen-bond donors (Lipinski definition) is 0. The van der Waals surface area contributed by atoms with Gasteiger partial charge in [-0.3, -0.25) is 4.79 Å². The van der Waals surface area contributed by atoms with Crippen LogP contribution in [0.1, 0.15) is 54.9 Å². The maximum atomic E-state index is 12.6. The Hall–Kier alpha value is -2.10. The van der Waals surface area contributed by atoms with Crippen LogP contribution in [0.3, 0.4) is 0 Å². The van der Waals surface area contributed by atoms with Crippen LogP contribution in [-0.4, -0.2) is 17.5 Å². The molecule has 0 bridgehead atoms. The standard InChI is InChI=1S/C19H22O4/c1-11-9-12(2)15(13(3)10-11)16-17(22-14(4)20)19(23-18(16)21)7-5-6-8-19/h9-10H,5-8H2,1-4H3. The van der Waals surface area contributed by atoms with Gasteiger partial charge in [0, 0.05) is 6.92 Å². The minimum Gasteiger partial charge on any atom is -0.447 e. The third-order valence-electron chi connectivity index (χ3n) is 4.72. The van der Waals surface area contributed by atoms with Crippen LogP contribution in [-0.2, 0) is 19.1 Å². The van der Waals surface area contributed by atoms with Crippen molar-refractivity contribution in [3.05, 3.63) is 40.1 Å². The minimum atomic E-state index is -0.748. The van der Waals surface area contributed by atoms with Gasteiger partial charge in [-0.1, -0.05) is 17.7 Å². The molecule has 1 saturated carbocycles. The summed E-state index contributed by atoms with van der Waals surface area (Å²) in [6.07, 6.45) is 3.37. The molecule has 0 saturated heterocycles. The van der Waals surface area contributed by atoms with Gasteiger partial charge in [-0.15, -0.1) is 0 Å². The van der Waals surface area contributed by atoms with Crippen molar-refractivity contribution in [2.75, 3.05) is 0 Å². The lowest BCUT2D eigenvalue weighted by atomic mass is 9.90. The fraction of sp³-hybridized carbons (Fsp3) is 0.474. The van der Waals surface area contributed by atoms with E-state index < -0.39 is 11.6 Å². The van der Waals surface area contributed by atoms with Crippen molar-refractivity contribution in [1.82, 2.24) is 0 Å². The number of benzene rings is 1. The molecular formula is C19H22O4. The highest BCUT2D eigenvalue weighted by Gasteiger charge is 2.52. The number of esters is 2. The molecule has 1 aliphatic carbocycles. The van der Waals surface area contributed by atoms with Crippen molar-refractivity contribution in [2.45, 2.75) is 59.0 Å². The lowest BCUT2D eigenvalue weighted by Crippen LogP contribution is -2.30. The monoisotopic (exact) mass is 314 g/mol. The summed E-state index contributed by atoms with van der Waals surface area (Å²) < 4.78 is 11.3. The topological polar surface area (TPSA) is 52.6 Å². The molecule has 122 valence electrons. The zero-order valence-electron chi connectivity index (χ0n) is 14.1. The van der Waals surface area contributed by atoms with E-state index in [0.717, 1.165) is 47.9 Å². The third kappa shape index (κ3) is 2.56. The Kier molecular flexibility index (Phi) is 3.78. The molecule has 3 rings (SSSR count). The summed E-state index contributed by atoms with van der Waals surface area (Å²) in [5.41, 5.74) is 3.64. The second kappa shape index (κ2) is 5.52. The lowest BCUT2D eigenvalue weighted by Gasteiger charge is -2.24. The van der Waals surface area contributed by atoms with Crippen LogP contribution in [0.15, 0.2) is 17.9 Å². The quantitative estimate of drug-likeness (QED) is 0.780. The number of rotatable bonds is 2. The molecule has 0 aromatic heterocycles. The van der Waals surface area contributed by atoms with Crippen molar-refractivity contribution in [1.29, 1.82) is 0 Å². The van der Waals surface area contributed by atoms with Crippen molar-refractivity contribution < 1.29 is 19.1 Å². The van der Waals surface area contributed by atoms with Crippen molar-refractivity contribution in [2.24, 2.45) is 0 Å². The van der Waals surface area contributed by atoms with E-state index in [-0.39, 0.29) is 5.97 Å². The Labute approximate surface area is 136 Å². The van der Waals surface area contributed by atoms with Gasteiger partial charge in [0.1, 0.15) is 5.57 Å². The molecule has 1 spiro atoms. The van der Waals surface area contributed by atoms with E-state index in [0.29, 0.717) is 11.3 Å². The van der Waals surface area contributed by atoms with E-state index in [1.807, 2.05) is 32.9 Å². The van der Waals surface area contributed by atoms with Gasteiger partial charge >= 0.3 is 11.9 Å². The predicted molar refractivity (Wildman–Crippen MR) is 86.6 cm³/mol. The molecule has 23 heavy (non-hydrogen) atoms. The molecule has 2 aliphatic rings. The average Bonchev–Trinajstić information content (AvgIpc) is 2.98. The van der Waals surface area contributed by atoms with Gasteiger partial charge in [-0.2, -0.15) is 0 Å². The molecule has 0 atom stereocenters. The van der Waals surface area contributed by atoms with E-state index >= 15 is 0 Å². The fourth-order valence-corrected chi connectivity index (χ4v) is 3.95. The van der Waals surface area contributed by atoms with E-state index in [1.165, 1.54) is 6.92 Å². The summed E-state index contributed by atoms with van der Waals surface area (Å²) in [6.45, 7) is 7.34. The smallest absolute Gasteiger partial charge is 0.343 e. The maximum Gasteiger partial charge on any atom is 0.343 e. The van der Waals surface area contributed by atoms with Crippen LogP contribution in [0.5, 0.6) is 0 Å². The zero-order chi connectivity index (χ0) is 16.8. The summed E-state index contributed by atoms with van der Waals surface area (Å²) in [6, 6.07) is 4.07. The van der Waals surface area contributed by atoms with Crippen LogP contribution in [0.2, 0.25) is 0 Å². The molecular weight excluding hydrogens is 292 g/mol. The summed E-state index contributed by atoms with van der Waals surface area (Å²) in [5.74, 6) is -0.370.